The monoisotopic (exact) mass is 254 g/mol. The van der Waals surface area contributed by atoms with Crippen molar-refractivity contribution in [2.75, 3.05) is 0 Å². The largest absolute Gasteiger partial charge is 0.0735 e. The van der Waals surface area contributed by atoms with Crippen molar-refractivity contribution in [2.24, 2.45) is 34.5 Å². The fraction of sp³-hybridized carbons (Fsp3) is 0.789. The Bertz CT molecular complexity index is 493. The van der Waals surface area contributed by atoms with E-state index >= 15 is 0 Å². The van der Waals surface area contributed by atoms with Crippen LogP contribution < -0.4 is 0 Å². The molecule has 0 heterocycles. The summed E-state index contributed by atoms with van der Waals surface area (Å²) in [5.41, 5.74) is 6.54. The van der Waals surface area contributed by atoms with Crippen LogP contribution in [0.2, 0.25) is 0 Å². The minimum atomic E-state index is 0.465. The van der Waals surface area contributed by atoms with Crippen molar-refractivity contribution in [1.29, 1.82) is 0 Å². The summed E-state index contributed by atoms with van der Waals surface area (Å²) in [6, 6.07) is 0. The molecule has 6 aliphatic rings. The average molecular weight is 254 g/mol. The number of hydrogen-bond donors (Lipinski definition) is 0. The van der Waals surface area contributed by atoms with Crippen molar-refractivity contribution in [3.63, 3.8) is 0 Å². The van der Waals surface area contributed by atoms with Crippen LogP contribution >= 0.6 is 0 Å². The summed E-state index contributed by atoms with van der Waals surface area (Å²) in [5, 5.41) is 0. The lowest BCUT2D eigenvalue weighted by molar-refractivity contribution is -0.0295. The first-order chi connectivity index (χ1) is 8.99. The zero-order valence-electron chi connectivity index (χ0n) is 12.6. The van der Waals surface area contributed by atoms with Crippen molar-refractivity contribution in [3.05, 3.63) is 22.8 Å². The third kappa shape index (κ3) is 1.22. The van der Waals surface area contributed by atoms with Crippen LogP contribution in [0.25, 0.3) is 0 Å². The molecule has 0 amide bonds. The fourth-order valence-electron chi connectivity index (χ4n) is 7.08. The van der Waals surface area contributed by atoms with Gasteiger partial charge in [0.05, 0.1) is 0 Å². The van der Waals surface area contributed by atoms with E-state index in [1.165, 1.54) is 19.3 Å². The van der Waals surface area contributed by atoms with E-state index in [-0.39, 0.29) is 0 Å². The Balaban J connectivity index is 1.57. The van der Waals surface area contributed by atoms with Crippen LogP contribution in [0.4, 0.5) is 0 Å². The van der Waals surface area contributed by atoms with E-state index in [0.29, 0.717) is 10.8 Å². The maximum Gasteiger partial charge on any atom is 0.0120 e. The fourth-order valence-corrected chi connectivity index (χ4v) is 7.08. The molecule has 0 aliphatic heterocycles. The molecule has 4 bridgehead atoms. The van der Waals surface area contributed by atoms with Crippen LogP contribution in [-0.2, 0) is 0 Å². The van der Waals surface area contributed by atoms with Gasteiger partial charge in [-0.05, 0) is 84.3 Å². The normalized spacial score (nSPS) is 52.5. The summed E-state index contributed by atoms with van der Waals surface area (Å²) < 4.78 is 0. The molecule has 1 atom stereocenters. The standard InChI is InChI=1S/C19H26/c1-11-4-15(17-16(11)18(17,2)3)19-8-12-5-13(9-19)7-14(6-12)10-19/h4,11-14H,5-10H2,1-3H3. The topological polar surface area (TPSA) is 0 Å². The Morgan fingerprint density at radius 1 is 0.947 bits per heavy atom. The lowest BCUT2D eigenvalue weighted by atomic mass is 9.47. The summed E-state index contributed by atoms with van der Waals surface area (Å²) in [7, 11) is 0. The van der Waals surface area contributed by atoms with Gasteiger partial charge >= 0.3 is 0 Å². The molecule has 0 radical (unpaired) electrons. The Hall–Kier alpha value is -0.520. The molecule has 102 valence electrons. The molecule has 0 heteroatoms. The Morgan fingerprint density at radius 3 is 1.89 bits per heavy atom. The highest BCUT2D eigenvalue weighted by atomic mass is 14.6. The highest BCUT2D eigenvalue weighted by Crippen LogP contribution is 2.72. The van der Waals surface area contributed by atoms with E-state index in [9.17, 15) is 0 Å². The summed E-state index contributed by atoms with van der Waals surface area (Å²) >= 11 is 0. The van der Waals surface area contributed by atoms with Gasteiger partial charge in [0.1, 0.15) is 0 Å². The minimum absolute atomic E-state index is 0.465. The van der Waals surface area contributed by atoms with Gasteiger partial charge in [0.25, 0.3) is 0 Å². The molecular formula is C19H26. The van der Waals surface area contributed by atoms with E-state index < -0.39 is 0 Å². The highest BCUT2D eigenvalue weighted by molar-refractivity contribution is 5.67. The van der Waals surface area contributed by atoms with Crippen molar-refractivity contribution >= 4 is 0 Å². The van der Waals surface area contributed by atoms with E-state index in [2.05, 4.69) is 26.8 Å². The molecule has 6 aliphatic carbocycles. The van der Waals surface area contributed by atoms with Crippen LogP contribution in [0.15, 0.2) is 22.8 Å². The number of rotatable bonds is 1. The van der Waals surface area contributed by atoms with Gasteiger partial charge in [-0.3, -0.25) is 0 Å². The molecule has 0 aromatic heterocycles. The van der Waals surface area contributed by atoms with Gasteiger partial charge in [-0.25, -0.2) is 0 Å². The van der Waals surface area contributed by atoms with Crippen LogP contribution in [0, 0.1) is 34.5 Å². The van der Waals surface area contributed by atoms with Crippen LogP contribution in [0.1, 0.15) is 59.3 Å². The third-order valence-corrected chi connectivity index (χ3v) is 7.26. The lowest BCUT2D eigenvalue weighted by Crippen LogP contribution is -2.47. The van der Waals surface area contributed by atoms with E-state index in [0.717, 1.165) is 23.7 Å². The smallest absolute Gasteiger partial charge is 0.0120 e. The SMILES string of the molecule is CC1C=C(C23CC4CC(CC(C4)C2)C3)C2=C1C2(C)C. The van der Waals surface area contributed by atoms with Crippen molar-refractivity contribution < 1.29 is 0 Å². The summed E-state index contributed by atoms with van der Waals surface area (Å²) in [4.78, 5) is 0. The van der Waals surface area contributed by atoms with Gasteiger partial charge in [0.2, 0.25) is 0 Å². The van der Waals surface area contributed by atoms with Crippen molar-refractivity contribution in [2.45, 2.75) is 59.3 Å². The van der Waals surface area contributed by atoms with Gasteiger partial charge in [0.15, 0.2) is 0 Å². The van der Waals surface area contributed by atoms with Gasteiger partial charge in [-0.1, -0.05) is 26.8 Å². The molecule has 0 saturated heterocycles. The maximum atomic E-state index is 2.67. The second-order valence-corrected chi connectivity index (χ2v) is 8.98. The van der Waals surface area contributed by atoms with E-state index in [1.54, 1.807) is 24.8 Å². The van der Waals surface area contributed by atoms with Crippen LogP contribution in [0.5, 0.6) is 0 Å². The Labute approximate surface area is 117 Å². The molecule has 0 aromatic rings. The second kappa shape index (κ2) is 3.05. The third-order valence-electron chi connectivity index (χ3n) is 7.26. The van der Waals surface area contributed by atoms with Gasteiger partial charge in [-0.2, -0.15) is 0 Å². The minimum Gasteiger partial charge on any atom is -0.0735 e. The first kappa shape index (κ1) is 11.2. The molecule has 0 N–H and O–H groups in total. The second-order valence-electron chi connectivity index (χ2n) is 8.98. The van der Waals surface area contributed by atoms with Gasteiger partial charge < -0.3 is 0 Å². The molecule has 4 saturated carbocycles. The Morgan fingerprint density at radius 2 is 1.47 bits per heavy atom. The number of allylic oxidation sites excluding steroid dienone is 4. The molecular weight excluding hydrogens is 228 g/mol. The predicted molar refractivity (Wildman–Crippen MR) is 78.7 cm³/mol. The average Bonchev–Trinajstić information content (AvgIpc) is 2.69. The summed E-state index contributed by atoms with van der Waals surface area (Å²) in [6.07, 6.45) is 12.0. The molecule has 0 aromatic carbocycles. The van der Waals surface area contributed by atoms with E-state index in [4.69, 9.17) is 0 Å². The van der Waals surface area contributed by atoms with Crippen LogP contribution in [0.3, 0.4) is 0 Å². The van der Waals surface area contributed by atoms with Crippen LogP contribution in [-0.4, -0.2) is 0 Å². The van der Waals surface area contributed by atoms with Gasteiger partial charge in [0, 0.05) is 5.41 Å². The zero-order valence-corrected chi connectivity index (χ0v) is 12.6. The first-order valence-corrected chi connectivity index (χ1v) is 8.47. The number of hydrogen-bond acceptors (Lipinski definition) is 0. The predicted octanol–water partition coefficient (Wildman–Crippen LogP) is 5.12. The molecule has 0 spiro atoms. The van der Waals surface area contributed by atoms with E-state index in [1.807, 2.05) is 11.1 Å². The Kier molecular flexibility index (Phi) is 1.79. The highest BCUT2D eigenvalue weighted by Gasteiger charge is 2.60. The lowest BCUT2D eigenvalue weighted by Gasteiger charge is -2.58. The quantitative estimate of drug-likeness (QED) is 0.609. The molecule has 0 nitrogen and oxygen atoms in total. The van der Waals surface area contributed by atoms with Crippen molar-refractivity contribution in [3.8, 4) is 0 Å². The maximum absolute atomic E-state index is 2.67. The molecule has 1 unspecified atom stereocenters. The summed E-state index contributed by atoms with van der Waals surface area (Å²) in [5.74, 6) is 3.98. The molecule has 6 rings (SSSR count). The first-order valence-electron chi connectivity index (χ1n) is 8.47. The molecule has 19 heavy (non-hydrogen) atoms. The summed E-state index contributed by atoms with van der Waals surface area (Å²) in [6.45, 7) is 7.35. The molecule has 4 fully saturated rings. The van der Waals surface area contributed by atoms with Crippen molar-refractivity contribution in [1.82, 2.24) is 0 Å². The van der Waals surface area contributed by atoms with Gasteiger partial charge in [-0.15, -0.1) is 0 Å². The zero-order chi connectivity index (χ0) is 13.0.